The lowest BCUT2D eigenvalue weighted by atomic mass is 9.96. The molecule has 0 spiro atoms. The fourth-order valence-electron chi connectivity index (χ4n) is 16.4. The standard InChI is InChI=1S/C97H165N23O29/c1-17-51(11)74(93(145)113-69(46-124)90(142)117-76(55(15)125)95(147)109-64(41-49(7)8)84(136)108-65(42-57-29-31-58(127)32-30-57)86(138)106-62(78(101)130)39-47(3)4)115-80(132)54(14)103-87(139)66(43-121)111-85(137)63(40-48(5)6)107-83(135)61(33-34-72(128)129)105-94(146)77(56(16)126)118-92(144)71-28-24-37-119(71)96(148)73(50(9)10)114-89(141)68(45-123)112-88(140)67(44-122)110-79(131)53(13)102-82(134)60(26-20-22-36-99)104-91(143)70-27-23-38-120(70)97(149)75(52(12)18-2)116-81(133)59(100)25-19-21-35-98/h29-32,47-56,59-71,73-77,121-127H,17-28,33-46,98-100H2,1-16H3,(H2,101,130)(H,102,134)(H,103,139)(H,104,143)(H,105,146)(H,106,138)(H,107,135)(H,108,136)(H,109,147)(H,110,131)(H,111,137)(H,112,140)(H,113,145)(H,114,141)(H,115,132)(H,116,133)(H,117,142)(H,118,144)(H,128,129). The zero-order valence-electron chi connectivity index (χ0n) is 88.2. The van der Waals surface area contributed by atoms with Gasteiger partial charge in [0.15, 0.2) is 0 Å². The number of rotatable bonds is 67. The molecular weight excluding hydrogens is 1950 g/mol. The minimum atomic E-state index is -1.97. The number of carboxylic acid groups (broad SMARTS) is 1. The Balaban J connectivity index is 1.75. The molecule has 0 saturated carbocycles. The number of carboxylic acids is 1. The summed E-state index contributed by atoms with van der Waals surface area (Å²) in [4.78, 5) is 294. The van der Waals surface area contributed by atoms with E-state index in [4.69, 9.17) is 22.9 Å². The summed E-state index contributed by atoms with van der Waals surface area (Å²) in [5, 5.41) is 125. The van der Waals surface area contributed by atoms with Gasteiger partial charge in [-0.2, -0.15) is 0 Å². The molecule has 20 amide bonds. The number of benzene rings is 1. The lowest BCUT2D eigenvalue weighted by Gasteiger charge is -2.32. The van der Waals surface area contributed by atoms with Crippen LogP contribution in [0, 0.1) is 35.5 Å². The second-order valence-electron chi connectivity index (χ2n) is 39.9. The Morgan fingerprint density at radius 3 is 1.11 bits per heavy atom. The molecule has 2 aliphatic rings. The highest BCUT2D eigenvalue weighted by Crippen LogP contribution is 2.26. The third kappa shape index (κ3) is 43.2. The van der Waals surface area contributed by atoms with Gasteiger partial charge in [-0.1, -0.05) is 114 Å². The second kappa shape index (κ2) is 65.5. The predicted molar refractivity (Wildman–Crippen MR) is 539 cm³/mol. The molecule has 0 bridgehead atoms. The first-order valence-electron chi connectivity index (χ1n) is 51.0. The van der Waals surface area contributed by atoms with Crippen LogP contribution < -0.4 is 113 Å². The third-order valence-electron chi connectivity index (χ3n) is 25.6. The number of phenolic OH excluding ortho intramolecular Hbond substituents is 1. The maximum atomic E-state index is 14.6. The number of aliphatic hydroxyl groups is 6. The number of aliphatic hydroxyl groups excluding tert-OH is 6. The number of hydrogen-bond acceptors (Lipinski definition) is 31. The van der Waals surface area contributed by atoms with E-state index >= 15 is 0 Å². The number of amides is 20. The Hall–Kier alpha value is -12.5. The van der Waals surface area contributed by atoms with E-state index in [1.807, 2.05) is 6.92 Å². The van der Waals surface area contributed by atoms with Crippen molar-refractivity contribution in [1.82, 2.24) is 100 Å². The van der Waals surface area contributed by atoms with Crippen LogP contribution in [0.2, 0.25) is 0 Å². The Labute approximate surface area is 868 Å². The van der Waals surface area contributed by atoms with Crippen molar-refractivity contribution in [3.8, 4) is 5.75 Å². The van der Waals surface area contributed by atoms with Crippen molar-refractivity contribution >= 4 is 124 Å². The van der Waals surface area contributed by atoms with Gasteiger partial charge in [-0.05, 0) is 177 Å². The number of carbonyl (C=O) groups is 21. The van der Waals surface area contributed by atoms with Crippen molar-refractivity contribution in [2.75, 3.05) is 52.6 Å². The van der Waals surface area contributed by atoms with E-state index in [0.717, 1.165) is 25.7 Å². The topological polar surface area (TPSA) is 835 Å². The van der Waals surface area contributed by atoms with Crippen LogP contribution in [-0.4, -0.2) is 360 Å². The monoisotopic (exact) mass is 2120 g/mol. The number of likely N-dealkylation sites (tertiary alicyclic amines) is 2. The van der Waals surface area contributed by atoms with Crippen LogP contribution in [0.25, 0.3) is 0 Å². The minimum absolute atomic E-state index is 0.0212. The second-order valence-corrected chi connectivity index (χ2v) is 39.9. The molecule has 33 N–H and O–H groups in total. The first-order chi connectivity index (χ1) is 70.0. The molecule has 2 saturated heterocycles. The van der Waals surface area contributed by atoms with Crippen molar-refractivity contribution in [2.45, 2.75) is 359 Å². The molecule has 24 atom stereocenters. The van der Waals surface area contributed by atoms with E-state index < -0.39 is 314 Å². The van der Waals surface area contributed by atoms with Gasteiger partial charge in [0.2, 0.25) is 118 Å². The Morgan fingerprint density at radius 2 is 0.678 bits per heavy atom. The molecule has 0 radical (unpaired) electrons. The molecule has 2 fully saturated rings. The highest BCUT2D eigenvalue weighted by atomic mass is 16.4. The Bertz CT molecular complexity index is 4630. The van der Waals surface area contributed by atoms with E-state index in [0.29, 0.717) is 57.1 Å². The number of nitrogens with zero attached hydrogens (tertiary/aromatic N) is 2. The van der Waals surface area contributed by atoms with Gasteiger partial charge in [0.1, 0.15) is 121 Å². The molecule has 149 heavy (non-hydrogen) atoms. The van der Waals surface area contributed by atoms with Crippen molar-refractivity contribution in [3.63, 3.8) is 0 Å². The predicted octanol–water partition coefficient (Wildman–Crippen LogP) is -8.25. The lowest BCUT2D eigenvalue weighted by molar-refractivity contribution is -0.144. The number of nitrogens with two attached hydrogens (primary N) is 4. The van der Waals surface area contributed by atoms with Crippen molar-refractivity contribution in [3.05, 3.63) is 29.8 Å². The summed E-state index contributed by atoms with van der Waals surface area (Å²) >= 11 is 0. The van der Waals surface area contributed by atoms with E-state index in [1.54, 1.807) is 55.4 Å². The quantitative estimate of drug-likeness (QED) is 0.0269. The van der Waals surface area contributed by atoms with E-state index in [9.17, 15) is 142 Å². The maximum Gasteiger partial charge on any atom is 0.303 e. The zero-order chi connectivity index (χ0) is 113. The van der Waals surface area contributed by atoms with E-state index in [2.05, 4.69) is 90.4 Å². The molecular formula is C97H165N23O29. The van der Waals surface area contributed by atoms with Gasteiger partial charge in [0.05, 0.1) is 44.7 Å². The fraction of sp³-hybridized carbons (Fsp3) is 0.722. The molecule has 1 aromatic carbocycles. The number of aromatic hydroxyl groups is 1. The smallest absolute Gasteiger partial charge is 0.303 e. The number of phenols is 1. The highest BCUT2D eigenvalue weighted by molar-refractivity contribution is 6.03. The highest BCUT2D eigenvalue weighted by Gasteiger charge is 2.46. The zero-order valence-corrected chi connectivity index (χ0v) is 88.2. The first-order valence-corrected chi connectivity index (χ1v) is 51.0. The lowest BCUT2D eigenvalue weighted by Crippen LogP contribution is -2.63. The van der Waals surface area contributed by atoms with Gasteiger partial charge in [-0.3, -0.25) is 101 Å². The fourth-order valence-corrected chi connectivity index (χ4v) is 16.4. The van der Waals surface area contributed by atoms with Gasteiger partial charge < -0.3 is 164 Å². The number of hydrogen-bond donors (Lipinski definition) is 29. The maximum absolute atomic E-state index is 14.6. The van der Waals surface area contributed by atoms with Crippen LogP contribution in [0.4, 0.5) is 0 Å². The van der Waals surface area contributed by atoms with E-state index in [-0.39, 0.29) is 101 Å². The third-order valence-corrected chi connectivity index (χ3v) is 25.6. The minimum Gasteiger partial charge on any atom is -0.508 e. The van der Waals surface area contributed by atoms with Crippen LogP contribution >= 0.6 is 0 Å². The molecule has 2 aliphatic heterocycles. The van der Waals surface area contributed by atoms with Crippen LogP contribution in [0.15, 0.2) is 24.3 Å². The van der Waals surface area contributed by atoms with Gasteiger partial charge in [-0.15, -0.1) is 0 Å². The van der Waals surface area contributed by atoms with Crippen molar-refractivity contribution in [1.29, 1.82) is 0 Å². The van der Waals surface area contributed by atoms with Crippen molar-refractivity contribution < 1.29 is 142 Å². The van der Waals surface area contributed by atoms with Crippen LogP contribution in [0.3, 0.4) is 0 Å². The molecule has 52 heteroatoms. The van der Waals surface area contributed by atoms with Crippen LogP contribution in [0.5, 0.6) is 5.75 Å². The molecule has 842 valence electrons. The van der Waals surface area contributed by atoms with Gasteiger partial charge in [0.25, 0.3) is 0 Å². The van der Waals surface area contributed by atoms with Crippen LogP contribution in [-0.2, 0) is 107 Å². The average molecular weight is 2120 g/mol. The number of aliphatic carboxylic acids is 1. The largest absolute Gasteiger partial charge is 0.508 e. The van der Waals surface area contributed by atoms with E-state index in [1.165, 1.54) is 56.9 Å². The normalized spacial score (nSPS) is 17.9. The summed E-state index contributed by atoms with van der Waals surface area (Å²) in [6.45, 7) is 20.7. The summed E-state index contributed by atoms with van der Waals surface area (Å²) in [5.41, 5.74) is 23.6. The summed E-state index contributed by atoms with van der Waals surface area (Å²) in [7, 11) is 0. The summed E-state index contributed by atoms with van der Waals surface area (Å²) < 4.78 is 0. The Morgan fingerprint density at radius 1 is 0.356 bits per heavy atom. The van der Waals surface area contributed by atoms with Gasteiger partial charge in [0, 0.05) is 25.9 Å². The Kier molecular flexibility index (Phi) is 57.4. The molecule has 3 rings (SSSR count). The van der Waals surface area contributed by atoms with Gasteiger partial charge in [-0.25, -0.2) is 0 Å². The SMILES string of the molecule is CCC(C)C(NC(=O)C(C)NC(=O)C(CO)NC(=O)C(CC(C)C)NC(=O)C(CCC(=O)O)NC(=O)C(NC(=O)C1CCCN1C(=O)C(NC(=O)C(CO)NC(=O)C(CO)NC(=O)C(C)NC(=O)C(CCCCN)NC(=O)C1CCCN1C(=O)C(NC(=O)C(N)CCCCN)C(C)CC)C(C)C)C(C)O)C(=O)NC(CO)C(=O)NC(C(=O)NC(CC(C)C)C(=O)NC(Cc1ccc(O)cc1)C(=O)NC(CC(C)C)C(N)=O)C(C)O. The molecule has 2 heterocycles. The molecule has 1 aromatic rings. The molecule has 0 aliphatic carbocycles. The number of primary amides is 1. The number of carbonyl (C=O) groups excluding carboxylic acids is 20. The average Bonchev–Trinajstić information content (AvgIpc) is 1.71. The molecule has 0 aromatic heterocycles. The molecule has 52 nitrogen and oxygen atoms in total. The number of unbranched alkanes of at least 4 members (excludes halogenated alkanes) is 2. The molecule has 24 unspecified atom stereocenters. The summed E-state index contributed by atoms with van der Waals surface area (Å²) in [6, 6.07) is -25.1. The van der Waals surface area contributed by atoms with Crippen LogP contribution in [0.1, 0.15) is 225 Å². The van der Waals surface area contributed by atoms with Gasteiger partial charge >= 0.3 is 5.97 Å². The first kappa shape index (κ1) is 131. The summed E-state index contributed by atoms with van der Waals surface area (Å²) in [6.07, 6.45) is -1.70. The number of nitrogens with one attached hydrogen (secondary N) is 17. The van der Waals surface area contributed by atoms with Crippen molar-refractivity contribution in [2.24, 2.45) is 58.4 Å². The summed E-state index contributed by atoms with van der Waals surface area (Å²) in [5.74, 6) is -24.4.